The van der Waals surface area contributed by atoms with Crippen LogP contribution in [0.25, 0.3) is 11.1 Å². The number of ether oxygens (including phenoxy) is 2. The molecule has 0 saturated heterocycles. The number of nitrogens with one attached hydrogen (secondary N) is 2. The number of methoxy groups -OCH3 is 1. The first-order valence-corrected chi connectivity index (χ1v) is 11.6. The normalized spacial score (nSPS) is 10.3. The number of esters is 1. The van der Waals surface area contributed by atoms with Crippen molar-refractivity contribution < 1.29 is 23.9 Å². The Morgan fingerprint density at radius 2 is 1.54 bits per heavy atom. The van der Waals surface area contributed by atoms with Gasteiger partial charge in [0.2, 0.25) is 0 Å². The Morgan fingerprint density at radius 3 is 2.29 bits per heavy atom. The number of benzene rings is 3. The first-order valence-electron chi connectivity index (χ1n) is 10.7. The van der Waals surface area contributed by atoms with Gasteiger partial charge in [-0.05, 0) is 53.4 Å². The summed E-state index contributed by atoms with van der Waals surface area (Å²) >= 11 is 1.26. The molecule has 2 N–H and O–H groups in total. The van der Waals surface area contributed by atoms with Gasteiger partial charge in [0.25, 0.3) is 11.8 Å². The van der Waals surface area contributed by atoms with Crippen molar-refractivity contribution in [3.8, 4) is 16.9 Å². The van der Waals surface area contributed by atoms with Gasteiger partial charge in [-0.15, -0.1) is 11.3 Å². The van der Waals surface area contributed by atoms with Crippen LogP contribution in [0.2, 0.25) is 0 Å². The Hall–Kier alpha value is -4.43. The van der Waals surface area contributed by atoms with Crippen LogP contribution in [0.3, 0.4) is 0 Å². The molecule has 8 heteroatoms. The van der Waals surface area contributed by atoms with E-state index < -0.39 is 18.5 Å². The third-order valence-corrected chi connectivity index (χ3v) is 5.95. The maximum atomic E-state index is 12.5. The summed E-state index contributed by atoms with van der Waals surface area (Å²) in [6.45, 7) is -0.430. The summed E-state index contributed by atoms with van der Waals surface area (Å²) in [6.07, 6.45) is 0. The Balaban J connectivity index is 1.31. The maximum absolute atomic E-state index is 12.5. The summed E-state index contributed by atoms with van der Waals surface area (Å²) in [4.78, 5) is 37.8. The zero-order valence-electron chi connectivity index (χ0n) is 18.8. The van der Waals surface area contributed by atoms with Crippen LogP contribution in [0.15, 0.2) is 90.3 Å². The third-order valence-electron chi connectivity index (χ3n) is 5.06. The molecule has 0 saturated carbocycles. The number of hydrogen-bond acceptors (Lipinski definition) is 6. The molecule has 7 nitrogen and oxygen atoms in total. The van der Waals surface area contributed by atoms with E-state index in [-0.39, 0.29) is 5.91 Å². The van der Waals surface area contributed by atoms with Crippen LogP contribution >= 0.6 is 11.3 Å². The van der Waals surface area contributed by atoms with E-state index in [1.807, 2.05) is 47.8 Å². The molecule has 1 aromatic heterocycles. The second-order valence-electron chi connectivity index (χ2n) is 7.39. The van der Waals surface area contributed by atoms with Gasteiger partial charge in [0.15, 0.2) is 6.61 Å². The fraction of sp³-hybridized carbons (Fsp3) is 0.0741. The van der Waals surface area contributed by atoms with Crippen LogP contribution in [-0.4, -0.2) is 31.5 Å². The van der Waals surface area contributed by atoms with Gasteiger partial charge in [0, 0.05) is 16.8 Å². The van der Waals surface area contributed by atoms with Crippen LogP contribution in [0, 0.1) is 0 Å². The van der Waals surface area contributed by atoms with Crippen molar-refractivity contribution in [3.05, 3.63) is 101 Å². The molecule has 2 amide bonds. The highest BCUT2D eigenvalue weighted by Crippen LogP contribution is 2.29. The van der Waals surface area contributed by atoms with Crippen molar-refractivity contribution in [1.29, 1.82) is 0 Å². The summed E-state index contributed by atoms with van der Waals surface area (Å²) in [5.41, 5.74) is 3.11. The van der Waals surface area contributed by atoms with Crippen molar-refractivity contribution >= 4 is 40.5 Å². The van der Waals surface area contributed by atoms with Gasteiger partial charge in [0.1, 0.15) is 10.6 Å². The number of carbonyl (C=O) groups is 3. The summed E-state index contributed by atoms with van der Waals surface area (Å²) in [6, 6.07) is 24.8. The summed E-state index contributed by atoms with van der Waals surface area (Å²) in [5, 5.41) is 7.26. The van der Waals surface area contributed by atoms with Crippen molar-refractivity contribution in [2.45, 2.75) is 0 Å². The van der Waals surface area contributed by atoms with E-state index in [1.165, 1.54) is 18.4 Å². The fourth-order valence-corrected chi connectivity index (χ4v) is 4.16. The number of anilines is 2. The lowest BCUT2D eigenvalue weighted by atomic mass is 10.1. The first kappa shape index (κ1) is 23.7. The molecule has 3 aromatic carbocycles. The first-order chi connectivity index (χ1) is 17.0. The van der Waals surface area contributed by atoms with Crippen LogP contribution in [0.1, 0.15) is 20.0 Å². The average Bonchev–Trinajstić information content (AvgIpc) is 3.39. The molecule has 0 unspecified atom stereocenters. The number of thiophene rings is 1. The third kappa shape index (κ3) is 5.93. The number of hydrogen-bond donors (Lipinski definition) is 2. The minimum absolute atomic E-state index is 0.313. The Kier molecular flexibility index (Phi) is 7.54. The molecular formula is C27H22N2O5S. The van der Waals surface area contributed by atoms with Gasteiger partial charge in [-0.3, -0.25) is 9.59 Å². The molecule has 0 aliphatic carbocycles. The zero-order chi connectivity index (χ0) is 24.6. The van der Waals surface area contributed by atoms with Gasteiger partial charge < -0.3 is 20.1 Å². The van der Waals surface area contributed by atoms with E-state index in [1.54, 1.807) is 42.5 Å². The minimum Gasteiger partial charge on any atom is -0.495 e. The highest BCUT2D eigenvalue weighted by molar-refractivity contribution is 7.12. The quantitative estimate of drug-likeness (QED) is 0.322. The second-order valence-corrected chi connectivity index (χ2v) is 8.30. The average molecular weight is 487 g/mol. The van der Waals surface area contributed by atoms with Gasteiger partial charge in [0.05, 0.1) is 12.8 Å². The molecule has 0 radical (unpaired) electrons. The molecule has 176 valence electrons. The lowest BCUT2D eigenvalue weighted by Crippen LogP contribution is -2.21. The van der Waals surface area contributed by atoms with Gasteiger partial charge in [-0.2, -0.15) is 0 Å². The standard InChI is InChI=1S/C27H22N2O5S/c1-33-23-10-6-5-9-22(23)29-26(31)19-11-13-20(14-12-19)28-24(30)17-34-27(32)25-21(15-16-35-25)18-7-3-2-4-8-18/h2-16H,17H2,1H3,(H,28,30)(H,29,31). The van der Waals surface area contributed by atoms with Crippen molar-refractivity contribution in [3.63, 3.8) is 0 Å². The molecule has 0 bridgehead atoms. The smallest absolute Gasteiger partial charge is 0.349 e. The lowest BCUT2D eigenvalue weighted by molar-refractivity contribution is -0.119. The van der Waals surface area contributed by atoms with Crippen LogP contribution in [-0.2, 0) is 9.53 Å². The number of para-hydroxylation sites is 2. The van der Waals surface area contributed by atoms with E-state index in [2.05, 4.69) is 10.6 Å². The summed E-state index contributed by atoms with van der Waals surface area (Å²) in [5.74, 6) is -0.802. The topological polar surface area (TPSA) is 93.7 Å². The highest BCUT2D eigenvalue weighted by Gasteiger charge is 2.17. The lowest BCUT2D eigenvalue weighted by Gasteiger charge is -2.10. The summed E-state index contributed by atoms with van der Waals surface area (Å²) in [7, 11) is 1.53. The van der Waals surface area contributed by atoms with Crippen LogP contribution in [0.5, 0.6) is 5.75 Å². The van der Waals surface area contributed by atoms with Crippen molar-refractivity contribution in [2.75, 3.05) is 24.4 Å². The Labute approximate surface area is 206 Å². The summed E-state index contributed by atoms with van der Waals surface area (Å²) < 4.78 is 10.5. The van der Waals surface area contributed by atoms with E-state index >= 15 is 0 Å². The predicted octanol–water partition coefficient (Wildman–Crippen LogP) is 5.47. The van der Waals surface area contributed by atoms with E-state index in [0.29, 0.717) is 27.6 Å². The van der Waals surface area contributed by atoms with Gasteiger partial charge in [-0.25, -0.2) is 4.79 Å². The molecule has 35 heavy (non-hydrogen) atoms. The molecule has 0 aliphatic rings. The molecule has 4 aromatic rings. The number of carbonyl (C=O) groups excluding carboxylic acids is 3. The molecule has 0 atom stereocenters. The van der Waals surface area contributed by atoms with Crippen LogP contribution < -0.4 is 15.4 Å². The van der Waals surface area contributed by atoms with Crippen molar-refractivity contribution in [1.82, 2.24) is 0 Å². The Morgan fingerprint density at radius 1 is 0.829 bits per heavy atom. The fourth-order valence-electron chi connectivity index (χ4n) is 3.35. The monoisotopic (exact) mass is 486 g/mol. The molecule has 4 rings (SSSR count). The second kappa shape index (κ2) is 11.1. The highest BCUT2D eigenvalue weighted by atomic mass is 32.1. The minimum atomic E-state index is -0.558. The largest absolute Gasteiger partial charge is 0.495 e. The maximum Gasteiger partial charge on any atom is 0.349 e. The number of amides is 2. The van der Waals surface area contributed by atoms with Crippen LogP contribution in [0.4, 0.5) is 11.4 Å². The molecular weight excluding hydrogens is 464 g/mol. The van der Waals surface area contributed by atoms with E-state index in [0.717, 1.165) is 11.1 Å². The Bertz CT molecular complexity index is 1330. The van der Waals surface area contributed by atoms with Crippen molar-refractivity contribution in [2.24, 2.45) is 0 Å². The molecule has 0 fully saturated rings. The molecule has 1 heterocycles. The SMILES string of the molecule is COc1ccccc1NC(=O)c1ccc(NC(=O)COC(=O)c2sccc2-c2ccccc2)cc1. The van der Waals surface area contributed by atoms with E-state index in [9.17, 15) is 14.4 Å². The van der Waals surface area contributed by atoms with E-state index in [4.69, 9.17) is 9.47 Å². The van der Waals surface area contributed by atoms with Gasteiger partial charge in [-0.1, -0.05) is 42.5 Å². The molecule has 0 aliphatic heterocycles. The molecule has 0 spiro atoms. The number of rotatable bonds is 8. The zero-order valence-corrected chi connectivity index (χ0v) is 19.6. The predicted molar refractivity (Wildman–Crippen MR) is 136 cm³/mol. The van der Waals surface area contributed by atoms with Gasteiger partial charge >= 0.3 is 5.97 Å².